The number of aryl methyl sites for hydroxylation is 1. The Labute approximate surface area is 159 Å². The first-order valence-corrected chi connectivity index (χ1v) is 9.67. The third-order valence-corrected chi connectivity index (χ3v) is 5.74. The maximum atomic E-state index is 12.8. The molecule has 5 heteroatoms. The Morgan fingerprint density at radius 3 is 2.85 bits per heavy atom. The molecule has 1 unspecified atom stereocenters. The van der Waals surface area contributed by atoms with E-state index in [-0.39, 0.29) is 11.9 Å². The largest absolute Gasteiger partial charge is 0.356 e. The van der Waals surface area contributed by atoms with E-state index in [0.29, 0.717) is 5.69 Å². The van der Waals surface area contributed by atoms with Crippen molar-refractivity contribution in [1.82, 2.24) is 15.3 Å². The van der Waals surface area contributed by atoms with Crippen LogP contribution in [-0.2, 0) is 6.42 Å². The van der Waals surface area contributed by atoms with Gasteiger partial charge in [-0.15, -0.1) is 0 Å². The standard InChI is InChI=1S/C21H18BrN3O/c22-13-8-9-17-15(11-13)14-5-3-7-18(20(14)24-17)25-21(26)19-10-12-4-1-2-6-16(12)23-19/h1-2,4,6,8-11,18,23-24H,3,5,7H2,(H,25,26). The van der Waals surface area contributed by atoms with E-state index < -0.39 is 0 Å². The summed E-state index contributed by atoms with van der Waals surface area (Å²) in [6.07, 6.45) is 3.07. The lowest BCUT2D eigenvalue weighted by molar-refractivity contribution is 0.0927. The first-order valence-electron chi connectivity index (χ1n) is 8.87. The van der Waals surface area contributed by atoms with Gasteiger partial charge in [-0.3, -0.25) is 4.79 Å². The highest BCUT2D eigenvalue weighted by molar-refractivity contribution is 9.10. The lowest BCUT2D eigenvalue weighted by Crippen LogP contribution is -2.31. The molecule has 3 N–H and O–H groups in total. The number of rotatable bonds is 2. The van der Waals surface area contributed by atoms with Crippen molar-refractivity contribution in [2.45, 2.75) is 25.3 Å². The van der Waals surface area contributed by atoms with Crippen molar-refractivity contribution >= 4 is 43.6 Å². The molecule has 2 aromatic heterocycles. The summed E-state index contributed by atoms with van der Waals surface area (Å²) in [5, 5.41) is 5.52. The maximum absolute atomic E-state index is 12.8. The minimum absolute atomic E-state index is 0.0174. The van der Waals surface area contributed by atoms with Crippen LogP contribution in [0, 0.1) is 0 Å². The number of carbonyl (C=O) groups is 1. The number of halogens is 1. The Morgan fingerprint density at radius 2 is 1.96 bits per heavy atom. The van der Waals surface area contributed by atoms with Crippen LogP contribution in [0.5, 0.6) is 0 Å². The summed E-state index contributed by atoms with van der Waals surface area (Å²) in [5.74, 6) is -0.0566. The van der Waals surface area contributed by atoms with E-state index in [1.54, 1.807) is 0 Å². The second-order valence-corrected chi connectivity index (χ2v) is 7.81. The van der Waals surface area contributed by atoms with E-state index in [0.717, 1.165) is 45.8 Å². The van der Waals surface area contributed by atoms with Gasteiger partial charge in [0.15, 0.2) is 0 Å². The lowest BCUT2D eigenvalue weighted by Gasteiger charge is -2.23. The number of aromatic amines is 2. The van der Waals surface area contributed by atoms with Crippen LogP contribution >= 0.6 is 15.9 Å². The predicted molar refractivity (Wildman–Crippen MR) is 107 cm³/mol. The van der Waals surface area contributed by atoms with Crippen LogP contribution in [0.4, 0.5) is 0 Å². The zero-order valence-electron chi connectivity index (χ0n) is 14.1. The lowest BCUT2D eigenvalue weighted by atomic mass is 9.91. The molecule has 0 radical (unpaired) electrons. The van der Waals surface area contributed by atoms with Gasteiger partial charge in [0, 0.05) is 32.0 Å². The van der Waals surface area contributed by atoms with Crippen LogP contribution in [0.1, 0.15) is 40.6 Å². The van der Waals surface area contributed by atoms with Crippen LogP contribution in [0.2, 0.25) is 0 Å². The molecular weight excluding hydrogens is 390 g/mol. The molecular formula is C21H18BrN3O. The smallest absolute Gasteiger partial charge is 0.268 e. The van der Waals surface area contributed by atoms with Crippen LogP contribution in [0.15, 0.2) is 53.0 Å². The van der Waals surface area contributed by atoms with Crippen molar-refractivity contribution < 1.29 is 4.79 Å². The zero-order chi connectivity index (χ0) is 17.7. The third-order valence-electron chi connectivity index (χ3n) is 5.25. The number of benzene rings is 2. The molecule has 1 aliphatic carbocycles. The summed E-state index contributed by atoms with van der Waals surface area (Å²) in [7, 11) is 0. The molecule has 0 bridgehead atoms. The number of hydrogen-bond donors (Lipinski definition) is 3. The number of fused-ring (bicyclic) bond motifs is 4. The average molecular weight is 408 g/mol. The van der Waals surface area contributed by atoms with E-state index in [4.69, 9.17) is 0 Å². The maximum Gasteiger partial charge on any atom is 0.268 e. The minimum atomic E-state index is -0.0566. The van der Waals surface area contributed by atoms with Gasteiger partial charge in [0.05, 0.1) is 6.04 Å². The Morgan fingerprint density at radius 1 is 1.08 bits per heavy atom. The van der Waals surface area contributed by atoms with E-state index in [1.807, 2.05) is 36.4 Å². The van der Waals surface area contributed by atoms with Gasteiger partial charge >= 0.3 is 0 Å². The fourth-order valence-electron chi connectivity index (χ4n) is 4.01. The van der Waals surface area contributed by atoms with Crippen LogP contribution < -0.4 is 5.32 Å². The second-order valence-electron chi connectivity index (χ2n) is 6.90. The highest BCUT2D eigenvalue weighted by Crippen LogP contribution is 2.36. The highest BCUT2D eigenvalue weighted by atomic mass is 79.9. The van der Waals surface area contributed by atoms with Crippen molar-refractivity contribution in [3.63, 3.8) is 0 Å². The van der Waals surface area contributed by atoms with Crippen molar-refractivity contribution in [2.24, 2.45) is 0 Å². The van der Waals surface area contributed by atoms with Gasteiger partial charge in [0.2, 0.25) is 0 Å². The molecule has 0 saturated carbocycles. The number of nitrogens with one attached hydrogen (secondary N) is 3. The zero-order valence-corrected chi connectivity index (χ0v) is 15.7. The molecule has 1 atom stereocenters. The fourth-order valence-corrected chi connectivity index (χ4v) is 4.37. The van der Waals surface area contributed by atoms with Gasteiger partial charge in [-0.25, -0.2) is 0 Å². The Bertz CT molecular complexity index is 1110. The minimum Gasteiger partial charge on any atom is -0.356 e. The monoisotopic (exact) mass is 407 g/mol. The van der Waals surface area contributed by atoms with E-state index >= 15 is 0 Å². The summed E-state index contributed by atoms with van der Waals surface area (Å²) in [5.41, 5.74) is 5.20. The molecule has 5 rings (SSSR count). The number of amides is 1. The molecule has 26 heavy (non-hydrogen) atoms. The Hall–Kier alpha value is -2.53. The molecule has 0 saturated heterocycles. The molecule has 1 aliphatic rings. The molecule has 1 amide bonds. The third kappa shape index (κ3) is 2.54. The highest BCUT2D eigenvalue weighted by Gasteiger charge is 2.26. The Kier molecular flexibility index (Phi) is 3.64. The van der Waals surface area contributed by atoms with Crippen molar-refractivity contribution in [3.8, 4) is 0 Å². The molecule has 0 spiro atoms. The molecule has 0 aliphatic heterocycles. The summed E-state index contributed by atoms with van der Waals surface area (Å²) >= 11 is 3.56. The van der Waals surface area contributed by atoms with Crippen molar-refractivity contribution in [2.75, 3.05) is 0 Å². The molecule has 130 valence electrons. The van der Waals surface area contributed by atoms with Gasteiger partial charge in [-0.1, -0.05) is 34.1 Å². The van der Waals surface area contributed by atoms with E-state index in [1.165, 1.54) is 10.9 Å². The Balaban J connectivity index is 1.48. The van der Waals surface area contributed by atoms with Gasteiger partial charge in [-0.2, -0.15) is 0 Å². The van der Waals surface area contributed by atoms with Crippen molar-refractivity contribution in [3.05, 3.63) is 70.0 Å². The van der Waals surface area contributed by atoms with Gasteiger partial charge < -0.3 is 15.3 Å². The molecule has 4 aromatic rings. The first-order chi connectivity index (χ1) is 12.7. The number of aromatic nitrogens is 2. The van der Waals surface area contributed by atoms with Crippen LogP contribution in [-0.4, -0.2) is 15.9 Å². The number of hydrogen-bond acceptors (Lipinski definition) is 1. The second kappa shape index (κ2) is 6.02. The van der Waals surface area contributed by atoms with Gasteiger partial charge in [-0.05, 0) is 55.2 Å². The summed E-state index contributed by atoms with van der Waals surface area (Å²) in [6, 6.07) is 16.2. The quantitative estimate of drug-likeness (QED) is 0.419. The average Bonchev–Trinajstić information content (AvgIpc) is 3.23. The van der Waals surface area contributed by atoms with Crippen LogP contribution in [0.3, 0.4) is 0 Å². The molecule has 2 aromatic carbocycles. The normalized spacial score (nSPS) is 16.7. The van der Waals surface area contributed by atoms with E-state index in [9.17, 15) is 4.79 Å². The van der Waals surface area contributed by atoms with Crippen LogP contribution in [0.25, 0.3) is 21.8 Å². The number of carbonyl (C=O) groups excluding carboxylic acids is 1. The first kappa shape index (κ1) is 15.7. The molecule has 2 heterocycles. The van der Waals surface area contributed by atoms with Gasteiger partial charge in [0.1, 0.15) is 5.69 Å². The summed E-state index contributed by atoms with van der Waals surface area (Å²) in [4.78, 5) is 19.5. The molecule has 4 nitrogen and oxygen atoms in total. The van der Waals surface area contributed by atoms with Crippen molar-refractivity contribution in [1.29, 1.82) is 0 Å². The molecule has 0 fully saturated rings. The SMILES string of the molecule is O=C(NC1CCCc2c1[nH]c1ccc(Br)cc21)c1cc2ccccc2[nH]1. The topological polar surface area (TPSA) is 60.7 Å². The summed E-state index contributed by atoms with van der Waals surface area (Å²) in [6.45, 7) is 0. The van der Waals surface area contributed by atoms with E-state index in [2.05, 4.69) is 43.3 Å². The summed E-state index contributed by atoms with van der Waals surface area (Å²) < 4.78 is 1.08. The fraction of sp³-hybridized carbons (Fsp3) is 0.190. The number of H-pyrrole nitrogens is 2. The predicted octanol–water partition coefficient (Wildman–Crippen LogP) is 5.22. The van der Waals surface area contributed by atoms with Gasteiger partial charge in [0.25, 0.3) is 5.91 Å². The number of para-hydroxylation sites is 1.